The number of benzene rings is 10. The molecule has 35 heteroatoms. The Morgan fingerprint density at radius 2 is 0.603 bits per heavy atom. The molecular weight excluding hydrogens is 1530 g/mol. The first-order valence-corrected chi connectivity index (χ1v) is 35.7. The van der Waals surface area contributed by atoms with Crippen LogP contribution in [0, 0.1) is 0 Å². The van der Waals surface area contributed by atoms with Crippen molar-refractivity contribution >= 4 is 0 Å². The smallest absolute Gasteiger partial charge is 0.229 e. The van der Waals surface area contributed by atoms with Crippen LogP contribution in [0.1, 0.15) is 132 Å². The number of phenolic OH excluding ortho intramolecular Hbond substituents is 19. The van der Waals surface area contributed by atoms with Crippen LogP contribution in [0.4, 0.5) is 0 Å². The summed E-state index contributed by atoms with van der Waals surface area (Å²) in [6.07, 6.45) is -31.1. The number of aliphatic hydroxyl groups excluding tert-OH is 9. The predicted molar refractivity (Wildman–Crippen MR) is 388 cm³/mol. The molecule has 6 heterocycles. The molecule has 0 aromatic heterocycles. The molecule has 606 valence electrons. The summed E-state index contributed by atoms with van der Waals surface area (Å²) in [6, 6.07) is 20.4. The third-order valence-electron chi connectivity index (χ3n) is 22.2. The molecule has 0 radical (unpaired) electrons. The summed E-state index contributed by atoms with van der Waals surface area (Å²) < 4.78 is 44.9. The van der Waals surface area contributed by atoms with Crippen molar-refractivity contribution in [2.24, 2.45) is 0 Å². The summed E-state index contributed by atoms with van der Waals surface area (Å²) in [5.74, 6) is -28.8. The molecule has 1 saturated heterocycles. The van der Waals surface area contributed by atoms with Gasteiger partial charge in [-0.2, -0.15) is 0 Å². The maximum atomic E-state index is 13.6. The SMILES string of the molecule is OC[C@H]1OC(Oc2cc3c(c(O)c2C2c4c(O)cc(O)c(C5c6c(O)cc(O)c(C7c8c(O)cc(O)c(C9c%10c(O)cc(O)cc%10O[C@H](c%10ccc(O)c(O)c%10)[C@@H]9O)c8O[C@H](c8ccc(O)c(O)c8)[C@@H]7O)c6O[C@H](c6ccc(O)c(O)c6)[C@@H]5O)c4O[C@H](c4ccc(O)c(O)c4)[C@@H]2O)C[C@H](O)[C@@H](c2ccc(O)c(O)c2)O3)[C@H](O)[C@@H](O)[C@@H]1O. The topological polar surface area (TPSA) is 631 Å². The standard InChI is InChI=1S/C81H72O35/c82-23-52-66(103)71(108)72(109)81(113-52)112-51-22-49-30(18-48(101)73(110-49)24-1-6-31(84)36(89)11-24)65(102)60(51)64-59-47(100)21-46(99)58(80(59)116-77(70(64)107)28-5-10-35(88)40(93)15-28)63-57-45(98)20-44(97)56(79(57)115-76(69(63)106)27-4-9-34(87)39(92)14-27)62-55-43(96)19-42(95)54(78(55)114-75(68(62)105)26-3-8-33(86)38(91)13-26)61-53-41(94)16-29(83)17-50(53)111-74(67(61)104)25-2-7-32(85)37(90)12-25/h1-17,19-22,48,52,61-64,66-77,81-109H,18,23H2/t48-,52+,61?,62?,63?,64?,66+,67+,68+,69+,70+,71-,72+,73+,74+,75+,76+,77+,81?/m0/s1. The predicted octanol–water partition coefficient (Wildman–Crippen LogP) is 4.81. The molecule has 0 saturated carbocycles. The third-order valence-corrected chi connectivity index (χ3v) is 22.2. The van der Waals surface area contributed by atoms with Gasteiger partial charge in [-0.3, -0.25) is 0 Å². The number of aliphatic hydroxyl groups is 9. The average molecular weight is 1610 g/mol. The average Bonchev–Trinajstić information content (AvgIpc) is 0.698. The second-order valence-electron chi connectivity index (χ2n) is 29.1. The van der Waals surface area contributed by atoms with Crippen molar-refractivity contribution in [3.63, 3.8) is 0 Å². The summed E-state index contributed by atoms with van der Waals surface area (Å²) >= 11 is 0. The van der Waals surface area contributed by atoms with Gasteiger partial charge in [-0.05, 0) is 88.5 Å². The molecule has 28 N–H and O–H groups in total. The molecule has 19 atom stereocenters. The lowest BCUT2D eigenvalue weighted by molar-refractivity contribution is -0.277. The maximum Gasteiger partial charge on any atom is 0.229 e. The first-order valence-electron chi connectivity index (χ1n) is 35.7. The van der Waals surface area contributed by atoms with Gasteiger partial charge in [0.1, 0.15) is 141 Å². The van der Waals surface area contributed by atoms with E-state index in [1.54, 1.807) is 0 Å². The summed E-state index contributed by atoms with van der Waals surface area (Å²) in [7, 11) is 0. The largest absolute Gasteiger partial charge is 0.508 e. The zero-order valence-electron chi connectivity index (χ0n) is 59.4. The highest BCUT2D eigenvalue weighted by atomic mass is 16.7. The molecule has 1 fully saturated rings. The van der Waals surface area contributed by atoms with Crippen LogP contribution >= 0.6 is 0 Å². The van der Waals surface area contributed by atoms with Gasteiger partial charge >= 0.3 is 0 Å². The van der Waals surface area contributed by atoms with Crippen molar-refractivity contribution in [1.82, 2.24) is 0 Å². The highest BCUT2D eigenvalue weighted by Gasteiger charge is 2.56. The van der Waals surface area contributed by atoms with Gasteiger partial charge in [-0.15, -0.1) is 0 Å². The van der Waals surface area contributed by atoms with E-state index < -0.39 is 311 Å². The minimum atomic E-state index is -2.40. The summed E-state index contributed by atoms with van der Waals surface area (Å²) in [5.41, 5.74) is -6.65. The van der Waals surface area contributed by atoms with Crippen molar-refractivity contribution in [2.45, 2.75) is 122 Å². The lowest BCUT2D eigenvalue weighted by Crippen LogP contribution is -2.60. The van der Waals surface area contributed by atoms with E-state index in [0.717, 1.165) is 97.1 Å². The molecule has 116 heavy (non-hydrogen) atoms. The Kier molecular flexibility index (Phi) is 18.8. The number of aromatic hydroxyl groups is 19. The number of fused-ring (bicyclic) bond motifs is 5. The van der Waals surface area contributed by atoms with Crippen molar-refractivity contribution in [3.8, 4) is 144 Å². The molecule has 0 amide bonds. The van der Waals surface area contributed by atoms with Crippen molar-refractivity contribution < 1.29 is 176 Å². The van der Waals surface area contributed by atoms with Gasteiger partial charge in [0.2, 0.25) is 6.29 Å². The number of hydrogen-bond acceptors (Lipinski definition) is 35. The molecule has 10 aromatic rings. The highest BCUT2D eigenvalue weighted by Crippen LogP contribution is 2.67. The molecular formula is C81H72O35. The Labute approximate surface area is 651 Å². The summed E-state index contributed by atoms with van der Waals surface area (Å²) in [5, 5.41) is 330. The minimum Gasteiger partial charge on any atom is -0.508 e. The van der Waals surface area contributed by atoms with Crippen LogP contribution in [0.2, 0.25) is 0 Å². The third kappa shape index (κ3) is 12.3. The fourth-order valence-corrected chi connectivity index (χ4v) is 16.8. The van der Waals surface area contributed by atoms with Crippen LogP contribution in [0.15, 0.2) is 127 Å². The molecule has 5 unspecified atom stereocenters. The molecule has 0 spiro atoms. The quantitative estimate of drug-likeness (QED) is 0.0729. The number of hydrogen-bond donors (Lipinski definition) is 28. The van der Waals surface area contributed by atoms with Gasteiger partial charge in [-0.25, -0.2) is 0 Å². The van der Waals surface area contributed by atoms with Crippen LogP contribution in [-0.4, -0.2) is 211 Å². The molecule has 6 aliphatic rings. The van der Waals surface area contributed by atoms with Gasteiger partial charge in [0, 0.05) is 92.9 Å². The molecule has 10 aromatic carbocycles. The molecule has 0 aliphatic carbocycles. The Balaban J connectivity index is 0.959. The van der Waals surface area contributed by atoms with Gasteiger partial charge in [-0.1, -0.05) is 30.3 Å². The van der Waals surface area contributed by atoms with Gasteiger partial charge in [0.05, 0.1) is 36.4 Å². The van der Waals surface area contributed by atoms with E-state index in [-0.39, 0.29) is 39.1 Å². The molecule has 35 nitrogen and oxygen atoms in total. The Morgan fingerprint density at radius 3 is 0.957 bits per heavy atom. The van der Waals surface area contributed by atoms with E-state index >= 15 is 0 Å². The fourth-order valence-electron chi connectivity index (χ4n) is 16.8. The van der Waals surface area contributed by atoms with Crippen molar-refractivity contribution in [3.05, 3.63) is 205 Å². The van der Waals surface area contributed by atoms with E-state index in [1.807, 2.05) is 0 Å². The maximum absolute atomic E-state index is 13.6. The van der Waals surface area contributed by atoms with Crippen LogP contribution in [0.25, 0.3) is 0 Å². The second-order valence-corrected chi connectivity index (χ2v) is 29.1. The lowest BCUT2D eigenvalue weighted by Gasteiger charge is -2.45. The van der Waals surface area contributed by atoms with Crippen molar-refractivity contribution in [1.29, 1.82) is 0 Å². The fraction of sp³-hybridized carbons (Fsp3) is 0.259. The second kappa shape index (κ2) is 28.4. The van der Waals surface area contributed by atoms with E-state index in [4.69, 9.17) is 33.2 Å². The Morgan fingerprint density at radius 1 is 0.284 bits per heavy atom. The molecule has 0 bridgehead atoms. The zero-order chi connectivity index (χ0) is 82.7. The lowest BCUT2D eigenvalue weighted by atomic mass is 9.71. The van der Waals surface area contributed by atoms with E-state index in [9.17, 15) is 143 Å². The summed E-state index contributed by atoms with van der Waals surface area (Å²) in [6.45, 7) is -1.02. The van der Waals surface area contributed by atoms with Crippen LogP contribution in [0.3, 0.4) is 0 Å². The van der Waals surface area contributed by atoms with Crippen molar-refractivity contribution in [2.75, 3.05) is 6.61 Å². The molecule has 6 aliphatic heterocycles. The van der Waals surface area contributed by atoms with Gasteiger partial charge < -0.3 is 176 Å². The van der Waals surface area contributed by atoms with Crippen LogP contribution in [-0.2, 0) is 11.2 Å². The number of rotatable bonds is 12. The summed E-state index contributed by atoms with van der Waals surface area (Å²) in [4.78, 5) is 0. The van der Waals surface area contributed by atoms with E-state index in [0.29, 0.717) is 18.2 Å². The van der Waals surface area contributed by atoms with Crippen LogP contribution < -0.4 is 28.4 Å². The monoisotopic (exact) mass is 1600 g/mol. The molecule has 16 rings (SSSR count). The first-order chi connectivity index (χ1) is 55.1. The van der Waals surface area contributed by atoms with E-state index in [1.165, 1.54) is 12.1 Å². The highest BCUT2D eigenvalue weighted by molar-refractivity contribution is 5.75. The number of phenols is 19. The van der Waals surface area contributed by atoms with E-state index in [2.05, 4.69) is 0 Å². The Hall–Kier alpha value is -13.2. The van der Waals surface area contributed by atoms with Gasteiger partial charge in [0.25, 0.3) is 0 Å². The minimum absolute atomic E-state index is 0.0490. The zero-order valence-corrected chi connectivity index (χ0v) is 59.4. The van der Waals surface area contributed by atoms with Crippen LogP contribution in [0.5, 0.6) is 144 Å². The van der Waals surface area contributed by atoms with Gasteiger partial charge in [0.15, 0.2) is 81.9 Å². The first kappa shape index (κ1) is 76.8. The Bertz CT molecular complexity index is 5630. The number of ether oxygens (including phenoxy) is 7. The normalized spacial score (nSPS) is 27.0.